The van der Waals surface area contributed by atoms with Crippen molar-refractivity contribution in [2.75, 3.05) is 0 Å². The van der Waals surface area contributed by atoms with Crippen molar-refractivity contribution in [2.24, 2.45) is 7.05 Å². The van der Waals surface area contributed by atoms with Crippen LogP contribution in [0.25, 0.3) is 11.0 Å². The minimum Gasteiger partial charge on any atom is -0.330 e. The average Bonchev–Trinajstić information content (AvgIpc) is 2.96. The Morgan fingerprint density at radius 1 is 1.26 bits per heavy atom. The molecule has 2 heterocycles. The number of thiazole rings is 1. The summed E-state index contributed by atoms with van der Waals surface area (Å²) >= 11 is 1.73. The molecule has 3 rings (SSSR count). The molecule has 0 saturated heterocycles. The molecule has 98 valence electrons. The molecule has 19 heavy (non-hydrogen) atoms. The molecule has 0 atom stereocenters. The summed E-state index contributed by atoms with van der Waals surface area (Å²) in [5.74, 6) is 1.05. The molecule has 4 nitrogen and oxygen atoms in total. The van der Waals surface area contributed by atoms with Crippen molar-refractivity contribution in [1.29, 1.82) is 0 Å². The quantitative estimate of drug-likeness (QED) is 0.794. The highest BCUT2D eigenvalue weighted by molar-refractivity contribution is 7.11. The molecule has 0 aliphatic rings. The summed E-state index contributed by atoms with van der Waals surface area (Å²) in [4.78, 5) is 10.2. The molecular formula is C14H16N4S. The molecule has 1 N–H and O–H groups in total. The van der Waals surface area contributed by atoms with Gasteiger partial charge in [-0.05, 0) is 19.1 Å². The Morgan fingerprint density at radius 2 is 2.11 bits per heavy atom. The molecule has 0 fully saturated rings. The van der Waals surface area contributed by atoms with E-state index in [1.807, 2.05) is 24.4 Å². The topological polar surface area (TPSA) is 42.7 Å². The maximum Gasteiger partial charge on any atom is 0.123 e. The van der Waals surface area contributed by atoms with Crippen LogP contribution in [0.3, 0.4) is 0 Å². The first-order chi connectivity index (χ1) is 9.24. The summed E-state index contributed by atoms with van der Waals surface area (Å²) in [5, 5.41) is 4.52. The van der Waals surface area contributed by atoms with Gasteiger partial charge in [0.25, 0.3) is 0 Å². The second-order valence-corrected chi connectivity index (χ2v) is 5.86. The number of aryl methyl sites for hydroxylation is 2. The maximum absolute atomic E-state index is 4.63. The van der Waals surface area contributed by atoms with E-state index in [4.69, 9.17) is 0 Å². The van der Waals surface area contributed by atoms with Crippen LogP contribution < -0.4 is 5.32 Å². The van der Waals surface area contributed by atoms with Crippen molar-refractivity contribution in [3.05, 3.63) is 46.2 Å². The molecule has 0 amide bonds. The minimum atomic E-state index is 0.754. The first kappa shape index (κ1) is 12.3. The molecule has 0 saturated carbocycles. The predicted molar refractivity (Wildman–Crippen MR) is 78.1 cm³/mol. The molecule has 0 radical (unpaired) electrons. The van der Waals surface area contributed by atoms with Crippen molar-refractivity contribution < 1.29 is 0 Å². The van der Waals surface area contributed by atoms with E-state index in [0.29, 0.717) is 0 Å². The van der Waals surface area contributed by atoms with Gasteiger partial charge in [0, 0.05) is 24.7 Å². The van der Waals surface area contributed by atoms with Gasteiger partial charge in [0.05, 0.1) is 17.6 Å². The summed E-state index contributed by atoms with van der Waals surface area (Å²) in [6.07, 6.45) is 1.91. The second kappa shape index (κ2) is 5.11. The number of hydrogen-bond acceptors (Lipinski definition) is 4. The van der Waals surface area contributed by atoms with Crippen molar-refractivity contribution in [1.82, 2.24) is 19.9 Å². The van der Waals surface area contributed by atoms with Crippen LogP contribution in [-0.2, 0) is 20.1 Å². The number of para-hydroxylation sites is 2. The summed E-state index contributed by atoms with van der Waals surface area (Å²) in [7, 11) is 2.06. The third kappa shape index (κ3) is 2.52. The Kier molecular flexibility index (Phi) is 3.31. The number of fused-ring (bicyclic) bond motifs is 1. The Balaban J connectivity index is 1.70. The van der Waals surface area contributed by atoms with Crippen LogP contribution in [0.15, 0.2) is 30.5 Å². The summed E-state index contributed by atoms with van der Waals surface area (Å²) in [6, 6.07) is 8.20. The van der Waals surface area contributed by atoms with Crippen LogP contribution in [0.2, 0.25) is 0 Å². The van der Waals surface area contributed by atoms with Crippen LogP contribution in [0.4, 0.5) is 0 Å². The lowest BCUT2D eigenvalue weighted by Gasteiger charge is -2.03. The first-order valence-electron chi connectivity index (χ1n) is 6.26. The molecule has 0 unspecified atom stereocenters. The molecule has 0 aliphatic heterocycles. The van der Waals surface area contributed by atoms with Gasteiger partial charge >= 0.3 is 0 Å². The summed E-state index contributed by atoms with van der Waals surface area (Å²) in [5.41, 5.74) is 2.22. The maximum atomic E-state index is 4.63. The molecule has 0 aliphatic carbocycles. The summed E-state index contributed by atoms with van der Waals surface area (Å²) < 4.78 is 2.13. The lowest BCUT2D eigenvalue weighted by atomic mass is 10.3. The number of benzene rings is 1. The Morgan fingerprint density at radius 3 is 2.84 bits per heavy atom. The molecule has 3 aromatic rings. The number of rotatable bonds is 4. The van der Waals surface area contributed by atoms with Crippen molar-refractivity contribution in [2.45, 2.75) is 20.0 Å². The smallest absolute Gasteiger partial charge is 0.123 e. The zero-order valence-electron chi connectivity index (χ0n) is 11.1. The lowest BCUT2D eigenvalue weighted by Crippen LogP contribution is -2.15. The van der Waals surface area contributed by atoms with Crippen molar-refractivity contribution >= 4 is 22.4 Å². The largest absolute Gasteiger partial charge is 0.330 e. The SMILES string of the molecule is Cc1cnc(CNCc2nc3ccccc3n2C)s1. The third-order valence-electron chi connectivity index (χ3n) is 3.11. The molecule has 1 aromatic carbocycles. The molecule has 2 aromatic heterocycles. The van der Waals surface area contributed by atoms with Gasteiger partial charge in [0.2, 0.25) is 0 Å². The zero-order chi connectivity index (χ0) is 13.2. The normalized spacial score (nSPS) is 11.3. The van der Waals surface area contributed by atoms with Crippen LogP contribution in [0.5, 0.6) is 0 Å². The Labute approximate surface area is 116 Å². The van der Waals surface area contributed by atoms with Gasteiger partial charge in [0.1, 0.15) is 10.8 Å². The van der Waals surface area contributed by atoms with Gasteiger partial charge in [-0.3, -0.25) is 0 Å². The Hall–Kier alpha value is -1.72. The molecule has 5 heteroatoms. The van der Waals surface area contributed by atoms with E-state index in [0.717, 1.165) is 29.4 Å². The number of nitrogens with one attached hydrogen (secondary N) is 1. The molecular weight excluding hydrogens is 256 g/mol. The van der Waals surface area contributed by atoms with E-state index in [2.05, 4.69) is 39.9 Å². The monoisotopic (exact) mass is 272 g/mol. The van der Waals surface area contributed by atoms with E-state index >= 15 is 0 Å². The third-order valence-corrected chi connectivity index (χ3v) is 4.02. The van der Waals surface area contributed by atoms with Gasteiger partial charge in [0.15, 0.2) is 0 Å². The van der Waals surface area contributed by atoms with Gasteiger partial charge in [-0.15, -0.1) is 11.3 Å². The van der Waals surface area contributed by atoms with Crippen molar-refractivity contribution in [3.63, 3.8) is 0 Å². The fourth-order valence-electron chi connectivity index (χ4n) is 2.12. The van der Waals surface area contributed by atoms with E-state index in [1.54, 1.807) is 11.3 Å². The second-order valence-electron chi connectivity index (χ2n) is 4.54. The number of imidazole rings is 1. The van der Waals surface area contributed by atoms with E-state index in [1.165, 1.54) is 10.4 Å². The van der Waals surface area contributed by atoms with Gasteiger partial charge in [-0.25, -0.2) is 9.97 Å². The lowest BCUT2D eigenvalue weighted by molar-refractivity contribution is 0.641. The van der Waals surface area contributed by atoms with Crippen LogP contribution >= 0.6 is 11.3 Å². The highest BCUT2D eigenvalue weighted by Crippen LogP contribution is 2.14. The number of aromatic nitrogens is 3. The Bertz CT molecular complexity index is 698. The zero-order valence-corrected chi connectivity index (χ0v) is 11.9. The van der Waals surface area contributed by atoms with Gasteiger partial charge < -0.3 is 9.88 Å². The van der Waals surface area contributed by atoms with E-state index in [-0.39, 0.29) is 0 Å². The van der Waals surface area contributed by atoms with E-state index < -0.39 is 0 Å². The summed E-state index contributed by atoms with van der Waals surface area (Å²) in [6.45, 7) is 3.62. The average molecular weight is 272 g/mol. The fourth-order valence-corrected chi connectivity index (χ4v) is 2.87. The fraction of sp³-hybridized carbons (Fsp3) is 0.286. The highest BCUT2D eigenvalue weighted by Gasteiger charge is 2.06. The van der Waals surface area contributed by atoms with E-state index in [9.17, 15) is 0 Å². The molecule has 0 spiro atoms. The predicted octanol–water partition coefficient (Wildman–Crippen LogP) is 2.63. The van der Waals surface area contributed by atoms with Crippen LogP contribution in [-0.4, -0.2) is 14.5 Å². The van der Waals surface area contributed by atoms with Gasteiger partial charge in [-0.2, -0.15) is 0 Å². The standard InChI is InChI=1S/C14H16N4S/c1-10-7-16-14(19-10)9-15-8-13-17-11-5-3-4-6-12(11)18(13)2/h3-7,15H,8-9H2,1-2H3. The molecule has 0 bridgehead atoms. The number of hydrogen-bond donors (Lipinski definition) is 1. The first-order valence-corrected chi connectivity index (χ1v) is 7.08. The minimum absolute atomic E-state index is 0.754. The highest BCUT2D eigenvalue weighted by atomic mass is 32.1. The number of nitrogens with zero attached hydrogens (tertiary/aromatic N) is 3. The van der Waals surface area contributed by atoms with Crippen molar-refractivity contribution in [3.8, 4) is 0 Å². The van der Waals surface area contributed by atoms with Crippen LogP contribution in [0.1, 0.15) is 15.7 Å². The van der Waals surface area contributed by atoms with Crippen LogP contribution in [0, 0.1) is 6.92 Å². The van der Waals surface area contributed by atoms with Gasteiger partial charge in [-0.1, -0.05) is 12.1 Å².